The lowest BCUT2D eigenvalue weighted by atomic mass is 9.79. The molecule has 1 atom stereocenters. The number of hydrogen-bond donors (Lipinski definition) is 1. The van der Waals surface area contributed by atoms with E-state index < -0.39 is 5.54 Å². The van der Waals surface area contributed by atoms with Crippen LogP contribution in [0, 0.1) is 22.7 Å². The number of nitriles is 2. The van der Waals surface area contributed by atoms with Crippen LogP contribution in [0.5, 0.6) is 5.75 Å². The Labute approximate surface area is 207 Å². The molecule has 0 spiro atoms. The predicted octanol–water partition coefficient (Wildman–Crippen LogP) is 4.52. The van der Waals surface area contributed by atoms with E-state index in [-0.39, 0.29) is 6.61 Å². The second kappa shape index (κ2) is 8.06. The van der Waals surface area contributed by atoms with E-state index in [4.69, 9.17) is 10.5 Å². The van der Waals surface area contributed by atoms with Crippen molar-refractivity contribution in [3.63, 3.8) is 0 Å². The zero-order chi connectivity index (χ0) is 24.9. The molecule has 36 heavy (non-hydrogen) atoms. The summed E-state index contributed by atoms with van der Waals surface area (Å²) in [4.78, 5) is 8.88. The number of fused-ring (bicyclic) bond motifs is 6. The molecule has 2 N–H and O–H groups in total. The first-order chi connectivity index (χ1) is 17.5. The minimum atomic E-state index is -1.11. The van der Waals surface area contributed by atoms with Gasteiger partial charge in [0, 0.05) is 12.4 Å². The average Bonchev–Trinajstić information content (AvgIpc) is 3.36. The van der Waals surface area contributed by atoms with Crippen molar-refractivity contribution in [1.29, 1.82) is 10.5 Å². The van der Waals surface area contributed by atoms with Crippen molar-refractivity contribution in [3.05, 3.63) is 113 Å². The van der Waals surface area contributed by atoms with Gasteiger partial charge in [-0.15, -0.1) is 0 Å². The Bertz CT molecular complexity index is 1760. The average molecular weight is 469 g/mol. The van der Waals surface area contributed by atoms with Gasteiger partial charge in [-0.25, -0.2) is 9.97 Å². The van der Waals surface area contributed by atoms with Gasteiger partial charge in [0.1, 0.15) is 35.7 Å². The van der Waals surface area contributed by atoms with Crippen LogP contribution in [0.15, 0.2) is 79.3 Å². The Morgan fingerprint density at radius 2 is 1.83 bits per heavy atom. The van der Waals surface area contributed by atoms with Gasteiger partial charge in [0.15, 0.2) is 0 Å². The predicted molar refractivity (Wildman–Crippen MR) is 135 cm³/mol. The van der Waals surface area contributed by atoms with Gasteiger partial charge in [-0.3, -0.25) is 0 Å². The zero-order valence-electron chi connectivity index (χ0n) is 19.4. The Balaban J connectivity index is 1.75. The molecule has 0 fully saturated rings. The minimum absolute atomic E-state index is 0.270. The first-order valence-electron chi connectivity index (χ1n) is 11.4. The van der Waals surface area contributed by atoms with Crippen LogP contribution in [-0.2, 0) is 19.2 Å². The van der Waals surface area contributed by atoms with Gasteiger partial charge < -0.3 is 15.0 Å². The normalized spacial score (nSPS) is 16.2. The molecule has 7 heteroatoms. The highest BCUT2D eigenvalue weighted by molar-refractivity contribution is 5.96. The third-order valence-electron chi connectivity index (χ3n) is 6.79. The van der Waals surface area contributed by atoms with E-state index in [2.05, 4.69) is 22.1 Å². The number of aryl methyl sites for hydroxylation is 1. The second-order valence-electron chi connectivity index (χ2n) is 8.91. The number of benzene rings is 3. The third-order valence-corrected chi connectivity index (χ3v) is 6.79. The molecule has 1 aliphatic rings. The van der Waals surface area contributed by atoms with Gasteiger partial charge in [0.2, 0.25) is 0 Å². The number of nitrogens with zero attached hydrogens (tertiary/aromatic N) is 5. The monoisotopic (exact) mass is 468 g/mol. The van der Waals surface area contributed by atoms with E-state index in [9.17, 15) is 10.5 Å². The Hall–Kier alpha value is -4.98. The summed E-state index contributed by atoms with van der Waals surface area (Å²) < 4.78 is 8.06. The number of aromatic nitrogens is 3. The van der Waals surface area contributed by atoms with Crippen molar-refractivity contribution < 1.29 is 4.74 Å². The molecule has 6 bridgehead atoms. The molecule has 3 aromatic carbocycles. The highest BCUT2D eigenvalue weighted by Crippen LogP contribution is 2.40. The molecule has 0 saturated carbocycles. The van der Waals surface area contributed by atoms with E-state index in [0.29, 0.717) is 22.5 Å². The maximum Gasteiger partial charge on any atom is 0.141 e. The van der Waals surface area contributed by atoms with Crippen molar-refractivity contribution in [2.24, 2.45) is 12.8 Å². The van der Waals surface area contributed by atoms with E-state index in [0.717, 1.165) is 38.9 Å². The lowest BCUT2D eigenvalue weighted by Crippen LogP contribution is -2.41. The van der Waals surface area contributed by atoms with Gasteiger partial charge in [0.25, 0.3) is 0 Å². The van der Waals surface area contributed by atoms with E-state index >= 15 is 0 Å². The Morgan fingerprint density at radius 3 is 2.61 bits per heavy atom. The lowest BCUT2D eigenvalue weighted by molar-refractivity contribution is 0.304. The van der Waals surface area contributed by atoms with Crippen LogP contribution >= 0.6 is 0 Å². The van der Waals surface area contributed by atoms with Crippen LogP contribution in [0.1, 0.15) is 33.6 Å². The summed E-state index contributed by atoms with van der Waals surface area (Å²) in [5, 5.41) is 20.3. The summed E-state index contributed by atoms with van der Waals surface area (Å²) in [6.45, 7) is 0.270. The number of ether oxygens (including phenoxy) is 1. The van der Waals surface area contributed by atoms with Crippen molar-refractivity contribution >= 4 is 10.9 Å². The topological polar surface area (TPSA) is 114 Å². The van der Waals surface area contributed by atoms with Gasteiger partial charge >= 0.3 is 0 Å². The van der Waals surface area contributed by atoms with Crippen LogP contribution in [0.3, 0.4) is 0 Å². The molecule has 0 amide bonds. The van der Waals surface area contributed by atoms with E-state index in [1.165, 1.54) is 0 Å². The molecule has 0 aliphatic carbocycles. The molecule has 0 saturated heterocycles. The number of hydrogen-bond acceptors (Lipinski definition) is 6. The van der Waals surface area contributed by atoms with Crippen molar-refractivity contribution in [2.45, 2.75) is 12.1 Å². The molecule has 0 radical (unpaired) electrons. The largest absolute Gasteiger partial charge is 0.488 e. The fourth-order valence-electron chi connectivity index (χ4n) is 4.94. The van der Waals surface area contributed by atoms with Crippen LogP contribution < -0.4 is 10.5 Å². The van der Waals surface area contributed by atoms with Crippen LogP contribution in [-0.4, -0.2) is 14.5 Å². The van der Waals surface area contributed by atoms with Gasteiger partial charge in [-0.2, -0.15) is 10.5 Å². The number of pyridine rings is 1. The maximum atomic E-state index is 9.74. The van der Waals surface area contributed by atoms with Crippen molar-refractivity contribution in [3.8, 4) is 29.0 Å². The fourth-order valence-corrected chi connectivity index (χ4v) is 4.94. The van der Waals surface area contributed by atoms with Crippen molar-refractivity contribution in [1.82, 2.24) is 14.5 Å². The summed E-state index contributed by atoms with van der Waals surface area (Å²) >= 11 is 0. The number of rotatable bonds is 1. The molecular formula is C29H20N6O. The van der Waals surface area contributed by atoms with Crippen LogP contribution in [0.2, 0.25) is 0 Å². The quantitative estimate of drug-likeness (QED) is 0.387. The fraction of sp³-hybridized carbons (Fsp3) is 0.103. The standard InChI is InChI=1S/C29H20N6O/c1-35-17-33-15-28(35)29(32)21-7-8-26-25(10-21)24(12-23(14-31)34-26)19-4-2-3-18(9-19)16-36-27-11-22(29)6-5-20(27)13-30/h2-12,15,17H,16,32H2,1H3/t29-/m1/s1. The first kappa shape index (κ1) is 21.5. The lowest BCUT2D eigenvalue weighted by Gasteiger charge is -2.32. The molecule has 172 valence electrons. The maximum absolute atomic E-state index is 9.74. The summed E-state index contributed by atoms with van der Waals surface area (Å²) in [5.41, 5.74) is 12.8. The van der Waals surface area contributed by atoms with Crippen molar-refractivity contribution in [2.75, 3.05) is 0 Å². The molecule has 6 rings (SSSR count). The molecule has 3 heterocycles. The third kappa shape index (κ3) is 3.23. The zero-order valence-corrected chi connectivity index (χ0v) is 19.4. The highest BCUT2D eigenvalue weighted by atomic mass is 16.5. The summed E-state index contributed by atoms with van der Waals surface area (Å²) in [7, 11) is 1.90. The number of nitrogens with two attached hydrogens (primary N) is 1. The molecule has 0 unspecified atom stereocenters. The van der Waals surface area contributed by atoms with Gasteiger partial charge in [-0.1, -0.05) is 30.3 Å². The second-order valence-corrected chi connectivity index (χ2v) is 8.91. The van der Waals surface area contributed by atoms with Crippen LogP contribution in [0.25, 0.3) is 22.0 Å². The molecule has 5 aromatic rings. The van der Waals surface area contributed by atoms with Gasteiger partial charge in [-0.05, 0) is 64.2 Å². The van der Waals surface area contributed by atoms with Gasteiger partial charge in [0.05, 0.1) is 29.3 Å². The SMILES string of the molecule is Cn1cncc1[C@]1(N)c2ccc(C#N)c(c2)OCc2cccc(c2)-c2cc(C#N)nc3ccc1cc23. The molecule has 2 aromatic heterocycles. The van der Waals surface area contributed by atoms with E-state index in [1.54, 1.807) is 18.6 Å². The summed E-state index contributed by atoms with van der Waals surface area (Å²) in [6.07, 6.45) is 3.46. The molecule has 1 aliphatic heterocycles. The van der Waals surface area contributed by atoms with E-state index in [1.807, 2.05) is 72.3 Å². The Morgan fingerprint density at radius 1 is 1.00 bits per heavy atom. The minimum Gasteiger partial charge on any atom is -0.488 e. The molecular weight excluding hydrogens is 448 g/mol. The first-order valence-corrected chi connectivity index (χ1v) is 11.4. The highest BCUT2D eigenvalue weighted by Gasteiger charge is 2.36. The molecule has 7 nitrogen and oxygen atoms in total. The summed E-state index contributed by atoms with van der Waals surface area (Å²) in [6, 6.07) is 25.5. The number of imidazole rings is 1. The smallest absolute Gasteiger partial charge is 0.141 e. The Kier molecular flexibility index (Phi) is 4.82. The summed E-state index contributed by atoms with van der Waals surface area (Å²) in [5.74, 6) is 0.462. The van der Waals surface area contributed by atoms with Crippen LogP contribution in [0.4, 0.5) is 0 Å².